The summed E-state index contributed by atoms with van der Waals surface area (Å²) in [5.41, 5.74) is 0. The van der Waals surface area contributed by atoms with Gasteiger partial charge in [-0.25, -0.2) is 4.98 Å². The van der Waals surface area contributed by atoms with Crippen LogP contribution in [0, 0.1) is 0 Å². The van der Waals surface area contributed by atoms with Crippen molar-refractivity contribution in [2.75, 3.05) is 38.1 Å². The molecule has 0 radical (unpaired) electrons. The summed E-state index contributed by atoms with van der Waals surface area (Å²) in [6.45, 7) is 10.0. The second-order valence-electron chi connectivity index (χ2n) is 5.66. The van der Waals surface area contributed by atoms with E-state index in [9.17, 15) is 0 Å². The number of nitrogens with zero attached hydrogens (tertiary/aromatic N) is 3. The number of nitrogens with one attached hydrogen (secondary N) is 1. The molecule has 0 aromatic carbocycles. The number of thiazole rings is 1. The Morgan fingerprint density at radius 3 is 3.00 bits per heavy atom. The monoisotopic (exact) mass is 296 g/mol. The molecule has 1 unspecified atom stereocenters. The van der Waals surface area contributed by atoms with Crippen molar-refractivity contribution in [2.45, 2.75) is 45.7 Å². The van der Waals surface area contributed by atoms with Gasteiger partial charge in [0.25, 0.3) is 0 Å². The maximum Gasteiger partial charge on any atom is 0.185 e. The fourth-order valence-corrected chi connectivity index (χ4v) is 3.72. The molecule has 2 heterocycles. The van der Waals surface area contributed by atoms with Gasteiger partial charge in [-0.3, -0.25) is 0 Å². The molecule has 0 amide bonds. The number of aromatic nitrogens is 1. The third kappa shape index (κ3) is 4.17. The number of hydrogen-bond acceptors (Lipinski definition) is 5. The molecule has 1 fully saturated rings. The maximum absolute atomic E-state index is 4.67. The standard InChI is InChI=1S/C15H28N4S/c1-4-7-16-10-14-11-17-15(20-14)19-9-6-8-18(3)12-13(19)5-2/h11,13,16H,4-10,12H2,1-3H3. The summed E-state index contributed by atoms with van der Waals surface area (Å²) in [6.07, 6.45) is 5.65. The Morgan fingerprint density at radius 1 is 1.40 bits per heavy atom. The van der Waals surface area contributed by atoms with Crippen LogP contribution in [0.4, 0.5) is 5.13 Å². The average molecular weight is 296 g/mol. The van der Waals surface area contributed by atoms with Crippen LogP contribution in [-0.2, 0) is 6.54 Å². The van der Waals surface area contributed by atoms with Crippen LogP contribution in [0.2, 0.25) is 0 Å². The van der Waals surface area contributed by atoms with Crippen LogP contribution in [0.3, 0.4) is 0 Å². The lowest BCUT2D eigenvalue weighted by Gasteiger charge is -2.29. The molecule has 2 rings (SSSR count). The van der Waals surface area contributed by atoms with Crippen molar-refractivity contribution in [1.82, 2.24) is 15.2 Å². The summed E-state index contributed by atoms with van der Waals surface area (Å²) in [4.78, 5) is 11.0. The van der Waals surface area contributed by atoms with Crippen LogP contribution >= 0.6 is 11.3 Å². The van der Waals surface area contributed by atoms with Gasteiger partial charge >= 0.3 is 0 Å². The molecule has 1 aliphatic rings. The second kappa shape index (κ2) is 7.96. The predicted octanol–water partition coefficient (Wildman–Crippen LogP) is 2.56. The van der Waals surface area contributed by atoms with Gasteiger partial charge in [0.1, 0.15) is 0 Å². The first-order chi connectivity index (χ1) is 9.74. The lowest BCUT2D eigenvalue weighted by atomic mass is 10.2. The molecule has 20 heavy (non-hydrogen) atoms. The van der Waals surface area contributed by atoms with E-state index in [-0.39, 0.29) is 0 Å². The number of likely N-dealkylation sites (N-methyl/N-ethyl adjacent to an activating group) is 1. The number of anilines is 1. The Bertz CT molecular complexity index is 393. The highest BCUT2D eigenvalue weighted by Crippen LogP contribution is 2.27. The highest BCUT2D eigenvalue weighted by Gasteiger charge is 2.24. The van der Waals surface area contributed by atoms with Gasteiger partial charge in [-0.1, -0.05) is 13.8 Å². The van der Waals surface area contributed by atoms with E-state index in [1.165, 1.54) is 35.8 Å². The molecule has 1 N–H and O–H groups in total. The summed E-state index contributed by atoms with van der Waals surface area (Å²) >= 11 is 1.85. The molecule has 1 saturated heterocycles. The van der Waals surface area contributed by atoms with Crippen LogP contribution in [0.25, 0.3) is 0 Å². The minimum atomic E-state index is 0.602. The smallest absolute Gasteiger partial charge is 0.185 e. The Morgan fingerprint density at radius 2 is 2.25 bits per heavy atom. The van der Waals surface area contributed by atoms with Gasteiger partial charge in [-0.2, -0.15) is 0 Å². The highest BCUT2D eigenvalue weighted by atomic mass is 32.1. The Kier molecular flexibility index (Phi) is 6.26. The molecule has 4 nitrogen and oxygen atoms in total. The van der Waals surface area contributed by atoms with Crippen molar-refractivity contribution in [1.29, 1.82) is 0 Å². The van der Waals surface area contributed by atoms with Gasteiger partial charge in [-0.05, 0) is 39.4 Å². The molecular weight excluding hydrogens is 268 g/mol. The number of rotatable bonds is 6. The zero-order chi connectivity index (χ0) is 14.4. The molecule has 1 aromatic rings. The van der Waals surface area contributed by atoms with Crippen LogP contribution in [0.15, 0.2) is 6.20 Å². The summed E-state index contributed by atoms with van der Waals surface area (Å²) < 4.78 is 0. The summed E-state index contributed by atoms with van der Waals surface area (Å²) in [5, 5.41) is 4.66. The van der Waals surface area contributed by atoms with Gasteiger partial charge in [0, 0.05) is 36.8 Å². The topological polar surface area (TPSA) is 31.4 Å². The lowest BCUT2D eigenvalue weighted by Crippen LogP contribution is -2.39. The van der Waals surface area contributed by atoms with E-state index in [2.05, 4.69) is 41.0 Å². The Balaban J connectivity index is 2.01. The molecule has 0 bridgehead atoms. The fraction of sp³-hybridized carbons (Fsp3) is 0.800. The van der Waals surface area contributed by atoms with E-state index >= 15 is 0 Å². The minimum Gasteiger partial charge on any atom is -0.344 e. The first-order valence-electron chi connectivity index (χ1n) is 7.85. The van der Waals surface area contributed by atoms with Crippen molar-refractivity contribution in [2.24, 2.45) is 0 Å². The van der Waals surface area contributed by atoms with E-state index in [0.717, 1.165) is 26.2 Å². The fourth-order valence-electron chi connectivity index (χ4n) is 2.74. The molecule has 1 atom stereocenters. The molecular formula is C15H28N4S. The third-order valence-electron chi connectivity index (χ3n) is 3.89. The first-order valence-corrected chi connectivity index (χ1v) is 8.66. The quantitative estimate of drug-likeness (QED) is 0.818. The normalized spacial score (nSPS) is 21.1. The minimum absolute atomic E-state index is 0.602. The van der Waals surface area contributed by atoms with Gasteiger partial charge in [0.2, 0.25) is 0 Å². The van der Waals surface area contributed by atoms with Crippen LogP contribution in [0.1, 0.15) is 38.0 Å². The zero-order valence-electron chi connectivity index (χ0n) is 13.1. The molecule has 0 saturated carbocycles. The van der Waals surface area contributed by atoms with Crippen LogP contribution in [0.5, 0.6) is 0 Å². The molecule has 0 aliphatic carbocycles. The van der Waals surface area contributed by atoms with E-state index in [1.54, 1.807) is 0 Å². The lowest BCUT2D eigenvalue weighted by molar-refractivity contribution is 0.328. The molecule has 0 spiro atoms. The predicted molar refractivity (Wildman–Crippen MR) is 87.7 cm³/mol. The van der Waals surface area contributed by atoms with E-state index in [0.29, 0.717) is 6.04 Å². The molecule has 114 valence electrons. The van der Waals surface area contributed by atoms with E-state index in [1.807, 2.05) is 17.5 Å². The Labute approximate surface area is 127 Å². The summed E-state index contributed by atoms with van der Waals surface area (Å²) in [5.74, 6) is 0. The van der Waals surface area contributed by atoms with Gasteiger partial charge in [0.15, 0.2) is 5.13 Å². The third-order valence-corrected chi connectivity index (χ3v) is 4.92. The van der Waals surface area contributed by atoms with Gasteiger partial charge < -0.3 is 15.1 Å². The largest absolute Gasteiger partial charge is 0.344 e. The highest BCUT2D eigenvalue weighted by molar-refractivity contribution is 7.15. The summed E-state index contributed by atoms with van der Waals surface area (Å²) in [7, 11) is 2.23. The maximum atomic E-state index is 4.67. The van der Waals surface area contributed by atoms with Crippen molar-refractivity contribution >= 4 is 16.5 Å². The molecule has 1 aliphatic heterocycles. The zero-order valence-corrected chi connectivity index (χ0v) is 13.9. The number of hydrogen-bond donors (Lipinski definition) is 1. The van der Waals surface area contributed by atoms with Gasteiger partial charge in [-0.15, -0.1) is 11.3 Å². The van der Waals surface area contributed by atoms with E-state index < -0.39 is 0 Å². The van der Waals surface area contributed by atoms with Crippen molar-refractivity contribution in [3.05, 3.63) is 11.1 Å². The molecule has 5 heteroatoms. The van der Waals surface area contributed by atoms with Crippen molar-refractivity contribution in [3.63, 3.8) is 0 Å². The van der Waals surface area contributed by atoms with Crippen molar-refractivity contribution < 1.29 is 0 Å². The van der Waals surface area contributed by atoms with Crippen LogP contribution in [-0.4, -0.2) is 49.2 Å². The van der Waals surface area contributed by atoms with Gasteiger partial charge in [0.05, 0.1) is 0 Å². The molecule has 1 aromatic heterocycles. The first kappa shape index (κ1) is 15.7. The summed E-state index contributed by atoms with van der Waals surface area (Å²) in [6, 6.07) is 0.602. The second-order valence-corrected chi connectivity index (χ2v) is 6.75. The average Bonchev–Trinajstić information content (AvgIpc) is 2.82. The Hall–Kier alpha value is -0.650. The SMILES string of the molecule is CCCNCc1cnc(N2CCCN(C)CC2CC)s1. The van der Waals surface area contributed by atoms with E-state index in [4.69, 9.17) is 0 Å². The van der Waals surface area contributed by atoms with Crippen LogP contribution < -0.4 is 10.2 Å². The van der Waals surface area contributed by atoms with Crippen molar-refractivity contribution in [3.8, 4) is 0 Å².